The minimum atomic E-state index is -0.564. The van der Waals surface area contributed by atoms with Crippen molar-refractivity contribution in [3.05, 3.63) is 59.4 Å². The molecule has 0 radical (unpaired) electrons. The van der Waals surface area contributed by atoms with Gasteiger partial charge in [-0.25, -0.2) is 4.39 Å². The average molecular weight is 374 g/mol. The summed E-state index contributed by atoms with van der Waals surface area (Å²) >= 11 is 0. The quantitative estimate of drug-likeness (QED) is 0.573. The summed E-state index contributed by atoms with van der Waals surface area (Å²) in [6.45, 7) is 0. The number of hydrogen-bond acceptors (Lipinski definition) is 5. The Hall–Kier alpha value is -3.42. The number of methoxy groups -OCH3 is 2. The lowest BCUT2D eigenvalue weighted by molar-refractivity contribution is -0.121. The van der Waals surface area contributed by atoms with Gasteiger partial charge in [0.05, 0.1) is 14.2 Å². The number of carbonyl (C=O) groups is 3. The molecule has 0 unspecified atom stereocenters. The molecular weight excluding hydrogens is 355 g/mol. The van der Waals surface area contributed by atoms with Crippen molar-refractivity contribution in [2.45, 2.75) is 12.8 Å². The summed E-state index contributed by atoms with van der Waals surface area (Å²) in [4.78, 5) is 35.9. The van der Waals surface area contributed by atoms with Crippen LogP contribution in [0.15, 0.2) is 42.5 Å². The summed E-state index contributed by atoms with van der Waals surface area (Å²) in [5.74, 6) is -0.985. The van der Waals surface area contributed by atoms with E-state index in [0.29, 0.717) is 17.1 Å². The van der Waals surface area contributed by atoms with Gasteiger partial charge in [0.2, 0.25) is 5.91 Å². The highest BCUT2D eigenvalue weighted by molar-refractivity contribution is 5.99. The molecular formula is C19H19FN2O5. The number of halogens is 1. The van der Waals surface area contributed by atoms with E-state index >= 15 is 0 Å². The lowest BCUT2D eigenvalue weighted by Gasteiger charge is -2.10. The minimum absolute atomic E-state index is 0.0691. The Bertz CT molecular complexity index is 814. The van der Waals surface area contributed by atoms with E-state index in [-0.39, 0.29) is 24.2 Å². The van der Waals surface area contributed by atoms with E-state index in [1.807, 2.05) is 0 Å². The molecule has 8 heteroatoms. The van der Waals surface area contributed by atoms with Crippen LogP contribution in [0.25, 0.3) is 0 Å². The topological polar surface area (TPSA) is 93.7 Å². The van der Waals surface area contributed by atoms with Crippen LogP contribution in [0.4, 0.5) is 4.39 Å². The number of amides is 2. The Morgan fingerprint density at radius 2 is 1.44 bits per heavy atom. The lowest BCUT2D eigenvalue weighted by Crippen LogP contribution is -2.41. The third-order valence-electron chi connectivity index (χ3n) is 3.67. The molecule has 2 aromatic rings. The van der Waals surface area contributed by atoms with Crippen LogP contribution in [-0.2, 0) is 4.79 Å². The smallest absolute Gasteiger partial charge is 0.269 e. The van der Waals surface area contributed by atoms with E-state index in [0.717, 1.165) is 0 Å². The molecule has 0 aliphatic rings. The van der Waals surface area contributed by atoms with Gasteiger partial charge in [0.25, 0.3) is 5.91 Å². The number of Topliss-reactive ketones (excluding diaryl/α,β-unsaturated/α-hetero) is 1. The molecule has 2 N–H and O–H groups in total. The van der Waals surface area contributed by atoms with Gasteiger partial charge in [-0.1, -0.05) is 0 Å². The fraction of sp³-hybridized carbons (Fsp3) is 0.211. The maximum atomic E-state index is 12.8. The van der Waals surface area contributed by atoms with Crippen molar-refractivity contribution in [2.75, 3.05) is 14.2 Å². The molecule has 0 saturated heterocycles. The van der Waals surface area contributed by atoms with Gasteiger partial charge in [0.1, 0.15) is 17.3 Å². The maximum absolute atomic E-state index is 12.8. The Labute approximate surface area is 155 Å². The monoisotopic (exact) mass is 374 g/mol. The molecule has 0 fully saturated rings. The molecule has 0 atom stereocenters. The Kier molecular flexibility index (Phi) is 6.87. The highest BCUT2D eigenvalue weighted by Gasteiger charge is 2.13. The largest absolute Gasteiger partial charge is 0.497 e. The average Bonchev–Trinajstić information content (AvgIpc) is 2.70. The van der Waals surface area contributed by atoms with Crippen LogP contribution in [0.3, 0.4) is 0 Å². The van der Waals surface area contributed by atoms with E-state index in [4.69, 9.17) is 9.47 Å². The standard InChI is InChI=1S/C19H19FN2O5/c1-26-15-9-13(10-16(11-15)27-2)19(25)22-21-18(24)8-7-17(23)12-3-5-14(20)6-4-12/h3-6,9-11H,7-8H2,1-2H3,(H,21,24)(H,22,25). The minimum Gasteiger partial charge on any atom is -0.497 e. The zero-order valence-corrected chi connectivity index (χ0v) is 14.9. The van der Waals surface area contributed by atoms with Gasteiger partial charge in [-0.3, -0.25) is 25.2 Å². The first-order chi connectivity index (χ1) is 12.9. The van der Waals surface area contributed by atoms with E-state index in [1.54, 1.807) is 6.07 Å². The molecule has 27 heavy (non-hydrogen) atoms. The van der Waals surface area contributed by atoms with Crippen molar-refractivity contribution in [2.24, 2.45) is 0 Å². The van der Waals surface area contributed by atoms with Crippen LogP contribution in [-0.4, -0.2) is 31.8 Å². The van der Waals surface area contributed by atoms with Crippen molar-refractivity contribution in [3.8, 4) is 11.5 Å². The molecule has 2 rings (SSSR count). The molecule has 7 nitrogen and oxygen atoms in total. The van der Waals surface area contributed by atoms with E-state index in [9.17, 15) is 18.8 Å². The summed E-state index contributed by atoms with van der Waals surface area (Å²) in [6.07, 6.45) is -0.196. The van der Waals surface area contributed by atoms with Crippen molar-refractivity contribution in [3.63, 3.8) is 0 Å². The lowest BCUT2D eigenvalue weighted by atomic mass is 10.1. The fourth-order valence-corrected chi connectivity index (χ4v) is 2.21. The van der Waals surface area contributed by atoms with Gasteiger partial charge >= 0.3 is 0 Å². The van der Waals surface area contributed by atoms with Crippen molar-refractivity contribution >= 4 is 17.6 Å². The molecule has 0 aliphatic heterocycles. The third kappa shape index (κ3) is 5.81. The maximum Gasteiger partial charge on any atom is 0.269 e. The van der Waals surface area contributed by atoms with Crippen molar-refractivity contribution < 1.29 is 28.2 Å². The predicted octanol–water partition coefficient (Wildman–Crippen LogP) is 2.27. The highest BCUT2D eigenvalue weighted by Crippen LogP contribution is 2.22. The second kappa shape index (κ2) is 9.33. The summed E-state index contributed by atoms with van der Waals surface area (Å²) in [6, 6.07) is 9.65. The Balaban J connectivity index is 1.85. The van der Waals surface area contributed by atoms with Gasteiger partial charge in [0.15, 0.2) is 5.78 Å². The van der Waals surface area contributed by atoms with Crippen LogP contribution < -0.4 is 20.3 Å². The second-order valence-electron chi connectivity index (χ2n) is 5.53. The van der Waals surface area contributed by atoms with Gasteiger partial charge in [-0.2, -0.15) is 0 Å². The normalized spacial score (nSPS) is 10.0. The molecule has 0 saturated carbocycles. The summed E-state index contributed by atoms with van der Waals surface area (Å²) in [7, 11) is 2.91. The van der Waals surface area contributed by atoms with E-state index in [2.05, 4.69) is 10.9 Å². The number of hydrogen-bond donors (Lipinski definition) is 2. The molecule has 0 bridgehead atoms. The highest BCUT2D eigenvalue weighted by atomic mass is 19.1. The zero-order chi connectivity index (χ0) is 19.8. The van der Waals surface area contributed by atoms with Crippen LogP contribution in [0.5, 0.6) is 11.5 Å². The van der Waals surface area contributed by atoms with Gasteiger partial charge < -0.3 is 9.47 Å². The first kappa shape index (κ1) is 19.9. The van der Waals surface area contributed by atoms with Crippen molar-refractivity contribution in [1.29, 1.82) is 0 Å². The molecule has 0 aliphatic carbocycles. The first-order valence-electron chi connectivity index (χ1n) is 8.04. The van der Waals surface area contributed by atoms with Gasteiger partial charge in [0, 0.05) is 30.0 Å². The number of benzene rings is 2. The summed E-state index contributed by atoms with van der Waals surface area (Å²) < 4.78 is 23.0. The number of ether oxygens (including phenoxy) is 2. The third-order valence-corrected chi connectivity index (χ3v) is 3.67. The SMILES string of the molecule is COc1cc(OC)cc(C(=O)NNC(=O)CCC(=O)c2ccc(F)cc2)c1. The zero-order valence-electron chi connectivity index (χ0n) is 14.9. The molecule has 0 heterocycles. The number of ketones is 1. The number of rotatable bonds is 7. The Morgan fingerprint density at radius 3 is 2.00 bits per heavy atom. The van der Waals surface area contributed by atoms with Gasteiger partial charge in [-0.05, 0) is 36.4 Å². The van der Waals surface area contributed by atoms with Gasteiger partial charge in [-0.15, -0.1) is 0 Å². The van der Waals surface area contributed by atoms with Crippen LogP contribution >= 0.6 is 0 Å². The van der Waals surface area contributed by atoms with Crippen LogP contribution in [0, 0.1) is 5.82 Å². The molecule has 2 amide bonds. The molecule has 0 aromatic heterocycles. The molecule has 2 aromatic carbocycles. The van der Waals surface area contributed by atoms with Crippen LogP contribution in [0.1, 0.15) is 33.6 Å². The molecule has 0 spiro atoms. The number of carbonyl (C=O) groups excluding carboxylic acids is 3. The van der Waals surface area contributed by atoms with Crippen molar-refractivity contribution in [1.82, 2.24) is 10.9 Å². The first-order valence-corrected chi connectivity index (χ1v) is 8.04. The van der Waals surface area contributed by atoms with E-state index in [1.165, 1.54) is 50.6 Å². The molecule has 142 valence electrons. The fourth-order valence-electron chi connectivity index (χ4n) is 2.21. The van der Waals surface area contributed by atoms with Crippen LogP contribution in [0.2, 0.25) is 0 Å². The number of nitrogens with one attached hydrogen (secondary N) is 2. The number of hydrazine groups is 1. The summed E-state index contributed by atoms with van der Waals surface area (Å²) in [5.41, 5.74) is 5.05. The summed E-state index contributed by atoms with van der Waals surface area (Å²) in [5, 5.41) is 0. The Morgan fingerprint density at radius 1 is 0.852 bits per heavy atom. The second-order valence-corrected chi connectivity index (χ2v) is 5.53. The predicted molar refractivity (Wildman–Crippen MR) is 95.1 cm³/mol. The van der Waals surface area contributed by atoms with E-state index < -0.39 is 17.6 Å².